The molecular formula is C23H25F4N5O2S. The number of nitrogens with two attached hydrogens (primary N) is 1. The molecule has 0 amide bonds. The summed E-state index contributed by atoms with van der Waals surface area (Å²) in [5.41, 5.74) is 4.43. The lowest BCUT2D eigenvalue weighted by Crippen LogP contribution is -2.62. The lowest BCUT2D eigenvalue weighted by molar-refractivity contribution is -0.00687. The maximum atomic E-state index is 15.1. The summed E-state index contributed by atoms with van der Waals surface area (Å²) < 4.78 is 74.1. The number of aliphatic imine (C=N–C) groups is 1. The van der Waals surface area contributed by atoms with Gasteiger partial charge in [-0.2, -0.15) is 0 Å². The normalized spacial score (nSPS) is 29.0. The van der Waals surface area contributed by atoms with E-state index < -0.39 is 61.6 Å². The van der Waals surface area contributed by atoms with Gasteiger partial charge in [0.2, 0.25) is 0 Å². The molecule has 2 N–H and O–H groups in total. The second-order valence-electron chi connectivity index (χ2n) is 9.61. The van der Waals surface area contributed by atoms with E-state index in [1.165, 1.54) is 33.8 Å². The topological polar surface area (TPSA) is 111 Å². The van der Waals surface area contributed by atoms with Gasteiger partial charge in [-0.25, -0.2) is 31.1 Å². The quantitative estimate of drug-likeness (QED) is 0.497. The van der Waals surface area contributed by atoms with Crippen LogP contribution < -0.4 is 5.73 Å². The Labute approximate surface area is 200 Å². The van der Waals surface area contributed by atoms with Crippen LogP contribution in [0.15, 0.2) is 33.8 Å². The van der Waals surface area contributed by atoms with Crippen molar-refractivity contribution in [1.82, 2.24) is 9.97 Å². The van der Waals surface area contributed by atoms with Crippen LogP contribution in [0.5, 0.6) is 0 Å². The molecule has 0 saturated heterocycles. The van der Waals surface area contributed by atoms with Gasteiger partial charge in [-0.15, -0.1) is 0 Å². The summed E-state index contributed by atoms with van der Waals surface area (Å²) in [6, 6.07) is 3.48. The first-order chi connectivity index (χ1) is 16.1. The van der Waals surface area contributed by atoms with Crippen LogP contribution in [0.1, 0.15) is 54.6 Å². The number of fused-ring (bicyclic) bond motifs is 1. The average molecular weight is 512 g/mol. The van der Waals surface area contributed by atoms with E-state index in [1.807, 2.05) is 0 Å². The van der Waals surface area contributed by atoms with Gasteiger partial charge in [0.1, 0.15) is 45.7 Å². The van der Waals surface area contributed by atoms with E-state index in [9.17, 15) is 22.2 Å². The molecule has 2 aliphatic heterocycles. The van der Waals surface area contributed by atoms with E-state index in [-0.39, 0.29) is 29.3 Å². The number of alkyl halides is 2. The SMILES string of the molecule is Cc1cc(F)cnc1C(=O)Cc1ccc(F)c([C@@]2(C)N=C(N)C(C)(C)[S@@]3(=O)=NCC(F)(F)C[C@H]23)n1. The predicted molar refractivity (Wildman–Crippen MR) is 123 cm³/mol. The van der Waals surface area contributed by atoms with Gasteiger partial charge in [0.05, 0.1) is 27.6 Å². The van der Waals surface area contributed by atoms with Crippen molar-refractivity contribution < 1.29 is 26.6 Å². The zero-order chi connectivity index (χ0) is 26.0. The number of carbonyl (C=O) groups is 1. The molecule has 2 aromatic rings. The Bertz CT molecular complexity index is 1380. The summed E-state index contributed by atoms with van der Waals surface area (Å²) in [4.78, 5) is 25.2. The highest BCUT2D eigenvalue weighted by atomic mass is 32.2. The Morgan fingerprint density at radius 1 is 1.23 bits per heavy atom. The summed E-state index contributed by atoms with van der Waals surface area (Å²) in [7, 11) is -3.42. The number of carbonyl (C=O) groups excluding carboxylic acids is 1. The smallest absolute Gasteiger partial charge is 0.269 e. The van der Waals surface area contributed by atoms with Crippen LogP contribution in [-0.4, -0.2) is 48.3 Å². The first kappa shape index (κ1) is 25.2. The Morgan fingerprint density at radius 2 is 1.91 bits per heavy atom. The van der Waals surface area contributed by atoms with Crippen molar-refractivity contribution in [1.29, 1.82) is 0 Å². The monoisotopic (exact) mass is 511 g/mol. The van der Waals surface area contributed by atoms with Crippen LogP contribution in [0.3, 0.4) is 0 Å². The number of ketones is 1. The molecule has 2 aliphatic rings. The lowest BCUT2D eigenvalue weighted by atomic mass is 9.87. The number of nitrogens with zero attached hydrogens (tertiary/aromatic N) is 4. The zero-order valence-electron chi connectivity index (χ0n) is 19.6. The third kappa shape index (κ3) is 4.01. The molecule has 35 heavy (non-hydrogen) atoms. The fourth-order valence-electron chi connectivity index (χ4n) is 4.58. The van der Waals surface area contributed by atoms with Gasteiger partial charge in [0.25, 0.3) is 5.92 Å². The van der Waals surface area contributed by atoms with Crippen molar-refractivity contribution in [3.63, 3.8) is 0 Å². The Hall–Kier alpha value is -2.89. The molecule has 0 unspecified atom stereocenters. The van der Waals surface area contributed by atoms with Crippen LogP contribution in [0, 0.1) is 18.6 Å². The first-order valence-corrected chi connectivity index (χ1v) is 12.4. The molecule has 0 fully saturated rings. The van der Waals surface area contributed by atoms with Crippen LogP contribution in [0.4, 0.5) is 17.6 Å². The van der Waals surface area contributed by atoms with Crippen molar-refractivity contribution in [2.24, 2.45) is 15.1 Å². The van der Waals surface area contributed by atoms with E-state index in [0.717, 1.165) is 18.3 Å². The number of rotatable bonds is 4. The second-order valence-corrected chi connectivity index (χ2v) is 12.6. The van der Waals surface area contributed by atoms with Gasteiger partial charge < -0.3 is 5.73 Å². The fraction of sp³-hybridized carbons (Fsp3) is 0.478. The number of pyridine rings is 2. The molecule has 4 rings (SSSR count). The molecule has 2 aromatic heterocycles. The Kier molecular flexibility index (Phi) is 5.81. The van der Waals surface area contributed by atoms with E-state index in [1.54, 1.807) is 0 Å². The van der Waals surface area contributed by atoms with Gasteiger partial charge in [0, 0.05) is 12.1 Å². The maximum Gasteiger partial charge on any atom is 0.269 e. The molecule has 12 heteroatoms. The van der Waals surface area contributed by atoms with Crippen molar-refractivity contribution in [2.75, 3.05) is 6.54 Å². The van der Waals surface area contributed by atoms with Gasteiger partial charge >= 0.3 is 0 Å². The number of aryl methyl sites for hydroxylation is 1. The van der Waals surface area contributed by atoms with Crippen molar-refractivity contribution in [3.05, 3.63) is 58.7 Å². The largest absolute Gasteiger partial charge is 0.386 e. The molecule has 0 saturated carbocycles. The second kappa shape index (κ2) is 8.07. The third-order valence-electron chi connectivity index (χ3n) is 6.72. The maximum absolute atomic E-state index is 15.1. The molecule has 0 radical (unpaired) electrons. The molecule has 4 heterocycles. The standard InChI is InChI=1S/C23H25F4N5O2S/c1-12-7-13(24)10-29-18(12)16(33)8-14-5-6-15(25)19(31-14)22(4)17-9-23(26,27)11-30-35(17,34)21(2,3)20(28)32-22/h5-7,10,17H,8-9,11H2,1-4H3,(H2,28,32)/t17-,22+,35-/m1/s1. The summed E-state index contributed by atoms with van der Waals surface area (Å²) >= 11 is 0. The number of amidine groups is 1. The van der Waals surface area contributed by atoms with Crippen LogP contribution >= 0.6 is 0 Å². The molecule has 0 aliphatic carbocycles. The van der Waals surface area contributed by atoms with Crippen LogP contribution in [0.2, 0.25) is 0 Å². The van der Waals surface area contributed by atoms with Gasteiger partial charge in [-0.1, -0.05) is 0 Å². The predicted octanol–water partition coefficient (Wildman–Crippen LogP) is 3.73. The third-order valence-corrected chi connectivity index (χ3v) is 10.3. The summed E-state index contributed by atoms with van der Waals surface area (Å²) in [5, 5.41) is -1.38. The first-order valence-electron chi connectivity index (χ1n) is 10.9. The highest BCUT2D eigenvalue weighted by Crippen LogP contribution is 2.49. The Balaban J connectivity index is 1.82. The molecule has 188 valence electrons. The van der Waals surface area contributed by atoms with Crippen LogP contribution in [-0.2, 0) is 21.7 Å². The van der Waals surface area contributed by atoms with E-state index in [0.29, 0.717) is 5.56 Å². The van der Waals surface area contributed by atoms with Crippen molar-refractivity contribution in [3.8, 4) is 0 Å². The number of aromatic nitrogens is 2. The molecular weight excluding hydrogens is 486 g/mol. The highest BCUT2D eigenvalue weighted by molar-refractivity contribution is 7.96. The number of hydrogen-bond acceptors (Lipinski definition) is 7. The molecule has 0 spiro atoms. The van der Waals surface area contributed by atoms with Crippen molar-refractivity contribution >= 4 is 21.3 Å². The zero-order valence-corrected chi connectivity index (χ0v) is 20.4. The van der Waals surface area contributed by atoms with Crippen LogP contribution in [0.25, 0.3) is 0 Å². The average Bonchev–Trinajstić information content (AvgIpc) is 2.75. The highest BCUT2D eigenvalue weighted by Gasteiger charge is 2.60. The summed E-state index contributed by atoms with van der Waals surface area (Å²) in [6.45, 7) is 5.00. The number of halogens is 4. The van der Waals surface area contributed by atoms with E-state index in [4.69, 9.17) is 5.73 Å². The molecule has 0 bridgehead atoms. The summed E-state index contributed by atoms with van der Waals surface area (Å²) in [5.74, 6) is -5.33. The van der Waals surface area contributed by atoms with E-state index >= 15 is 4.39 Å². The van der Waals surface area contributed by atoms with Crippen molar-refractivity contribution in [2.45, 2.75) is 62.0 Å². The minimum atomic E-state index is -3.42. The van der Waals surface area contributed by atoms with Gasteiger partial charge in [0.15, 0.2) is 5.78 Å². The number of Topliss-reactive ketones (excluding diaryl/α,β-unsaturated/α-hetero) is 1. The molecule has 7 nitrogen and oxygen atoms in total. The lowest BCUT2D eigenvalue weighted by Gasteiger charge is -2.48. The minimum absolute atomic E-state index is 0.0284. The molecule has 0 aromatic carbocycles. The Morgan fingerprint density at radius 3 is 2.57 bits per heavy atom. The minimum Gasteiger partial charge on any atom is -0.386 e. The molecule has 3 atom stereocenters. The van der Waals surface area contributed by atoms with Gasteiger partial charge in [-0.3, -0.25) is 14.8 Å². The summed E-state index contributed by atoms with van der Waals surface area (Å²) in [6.07, 6.45) is -0.238. The van der Waals surface area contributed by atoms with E-state index in [2.05, 4.69) is 19.3 Å². The van der Waals surface area contributed by atoms with Gasteiger partial charge in [-0.05, 0) is 51.5 Å². The fourth-order valence-corrected chi connectivity index (χ4v) is 7.78. The number of hydrogen-bond donors (Lipinski definition) is 1.